The number of hydrogen-bond donors (Lipinski definition) is 2. The lowest BCUT2D eigenvalue weighted by molar-refractivity contribution is 0.0474. The van der Waals surface area contributed by atoms with E-state index in [1.807, 2.05) is 38.1 Å². The number of aliphatic hydroxyl groups is 1. The van der Waals surface area contributed by atoms with Gasteiger partial charge in [0.2, 0.25) is 0 Å². The standard InChI is InChI=1S/C18H23N3O2S/c1-12-17(24-13(2)20-12)10-19-15-6-3-5-14(9-15)18(23)21-8-4-7-16(22)11-21/h3,5-6,9,16,19,22H,4,7-8,10-11H2,1-2H3. The molecule has 0 aliphatic carbocycles. The van der Waals surface area contributed by atoms with E-state index in [1.165, 1.54) is 4.88 Å². The van der Waals surface area contributed by atoms with Crippen molar-refractivity contribution in [2.45, 2.75) is 39.3 Å². The quantitative estimate of drug-likeness (QED) is 0.894. The molecule has 1 unspecified atom stereocenters. The van der Waals surface area contributed by atoms with E-state index in [4.69, 9.17) is 0 Å². The normalized spacial score (nSPS) is 17.8. The first kappa shape index (κ1) is 16.9. The summed E-state index contributed by atoms with van der Waals surface area (Å²) < 4.78 is 0. The van der Waals surface area contributed by atoms with Gasteiger partial charge in [-0.3, -0.25) is 4.79 Å². The fraction of sp³-hybridized carbons (Fsp3) is 0.444. The molecule has 0 radical (unpaired) electrons. The van der Waals surface area contributed by atoms with E-state index in [1.54, 1.807) is 16.2 Å². The van der Waals surface area contributed by atoms with Crippen molar-refractivity contribution in [2.75, 3.05) is 18.4 Å². The molecule has 24 heavy (non-hydrogen) atoms. The highest BCUT2D eigenvalue weighted by atomic mass is 32.1. The second kappa shape index (κ2) is 7.32. The summed E-state index contributed by atoms with van der Waals surface area (Å²) in [6.07, 6.45) is 1.23. The van der Waals surface area contributed by atoms with E-state index in [9.17, 15) is 9.90 Å². The van der Waals surface area contributed by atoms with Gasteiger partial charge in [-0.2, -0.15) is 0 Å². The van der Waals surface area contributed by atoms with Gasteiger partial charge in [0.15, 0.2) is 0 Å². The number of aromatic nitrogens is 1. The Morgan fingerprint density at radius 3 is 3.00 bits per heavy atom. The van der Waals surface area contributed by atoms with Crippen molar-refractivity contribution >= 4 is 22.9 Å². The summed E-state index contributed by atoms with van der Waals surface area (Å²) in [5.74, 6) is -0.0118. The van der Waals surface area contributed by atoms with Gasteiger partial charge in [-0.05, 0) is 44.9 Å². The van der Waals surface area contributed by atoms with Crippen LogP contribution in [0.25, 0.3) is 0 Å². The Hall–Kier alpha value is -1.92. The van der Waals surface area contributed by atoms with Crippen LogP contribution in [0.3, 0.4) is 0 Å². The molecule has 6 heteroatoms. The molecule has 1 atom stereocenters. The van der Waals surface area contributed by atoms with Gasteiger partial charge in [-0.25, -0.2) is 4.98 Å². The number of carbonyl (C=O) groups excluding carboxylic acids is 1. The first-order valence-electron chi connectivity index (χ1n) is 8.27. The number of aliphatic hydroxyl groups excluding tert-OH is 1. The Morgan fingerprint density at radius 1 is 1.46 bits per heavy atom. The molecule has 0 saturated carbocycles. The Kier molecular flexibility index (Phi) is 5.16. The van der Waals surface area contributed by atoms with E-state index in [0.717, 1.165) is 29.2 Å². The molecule has 2 N–H and O–H groups in total. The van der Waals surface area contributed by atoms with Crippen molar-refractivity contribution < 1.29 is 9.90 Å². The average Bonchev–Trinajstić information content (AvgIpc) is 2.90. The molecule has 3 rings (SSSR count). The fourth-order valence-electron chi connectivity index (χ4n) is 3.00. The Bertz CT molecular complexity index is 729. The molecular weight excluding hydrogens is 322 g/mol. The van der Waals surface area contributed by atoms with Crippen LogP contribution < -0.4 is 5.32 Å². The SMILES string of the molecule is Cc1nc(C)c(CNc2cccc(C(=O)N3CCCC(O)C3)c2)s1. The molecule has 1 aliphatic rings. The number of thiazole rings is 1. The number of rotatable bonds is 4. The summed E-state index contributed by atoms with van der Waals surface area (Å²) in [5.41, 5.74) is 2.63. The minimum absolute atomic E-state index is 0.0118. The largest absolute Gasteiger partial charge is 0.391 e. The molecule has 128 valence electrons. The lowest BCUT2D eigenvalue weighted by Gasteiger charge is -2.30. The van der Waals surface area contributed by atoms with Crippen LogP contribution in [0.15, 0.2) is 24.3 Å². The number of β-amino-alcohol motifs (C(OH)–C–C–N with tert-alkyl or cyclic N) is 1. The molecule has 0 spiro atoms. The van der Waals surface area contributed by atoms with Crippen LogP contribution in [-0.4, -0.2) is 40.1 Å². The average molecular weight is 345 g/mol. The molecule has 2 aromatic rings. The number of benzene rings is 1. The van der Waals surface area contributed by atoms with Crippen molar-refractivity contribution in [3.05, 3.63) is 45.4 Å². The topological polar surface area (TPSA) is 65.5 Å². The second-order valence-electron chi connectivity index (χ2n) is 6.22. The van der Waals surface area contributed by atoms with Gasteiger partial charge in [-0.15, -0.1) is 11.3 Å². The summed E-state index contributed by atoms with van der Waals surface area (Å²) in [5, 5.41) is 14.2. The smallest absolute Gasteiger partial charge is 0.254 e. The molecule has 0 bridgehead atoms. The van der Waals surface area contributed by atoms with Gasteiger partial charge in [0.1, 0.15) is 0 Å². The first-order valence-corrected chi connectivity index (χ1v) is 9.09. The highest BCUT2D eigenvalue weighted by Crippen LogP contribution is 2.20. The number of amides is 1. The van der Waals surface area contributed by atoms with Crippen LogP contribution in [0.4, 0.5) is 5.69 Å². The van der Waals surface area contributed by atoms with Gasteiger partial charge in [0.05, 0.1) is 23.4 Å². The van der Waals surface area contributed by atoms with Crippen LogP contribution in [0.2, 0.25) is 0 Å². The third-order valence-corrected chi connectivity index (χ3v) is 5.32. The summed E-state index contributed by atoms with van der Waals surface area (Å²) in [6, 6.07) is 7.56. The predicted molar refractivity (Wildman–Crippen MR) is 96.5 cm³/mol. The molecule has 2 heterocycles. The molecule has 1 fully saturated rings. The minimum atomic E-state index is -0.401. The first-order chi connectivity index (χ1) is 11.5. The maximum Gasteiger partial charge on any atom is 0.254 e. The molecule has 1 saturated heterocycles. The maximum absolute atomic E-state index is 12.6. The van der Waals surface area contributed by atoms with Crippen LogP contribution in [0.5, 0.6) is 0 Å². The highest BCUT2D eigenvalue weighted by molar-refractivity contribution is 7.11. The summed E-state index contributed by atoms with van der Waals surface area (Å²) in [6.45, 7) is 5.87. The highest BCUT2D eigenvalue weighted by Gasteiger charge is 2.23. The fourth-order valence-corrected chi connectivity index (χ4v) is 3.88. The van der Waals surface area contributed by atoms with Crippen LogP contribution in [-0.2, 0) is 6.54 Å². The lowest BCUT2D eigenvalue weighted by atomic mass is 10.1. The third kappa shape index (κ3) is 3.94. The van der Waals surface area contributed by atoms with Crippen molar-refractivity contribution in [2.24, 2.45) is 0 Å². The van der Waals surface area contributed by atoms with Gasteiger partial charge >= 0.3 is 0 Å². The summed E-state index contributed by atoms with van der Waals surface area (Å²) in [7, 11) is 0. The molecule has 1 aliphatic heterocycles. The van der Waals surface area contributed by atoms with Crippen molar-refractivity contribution in [3.8, 4) is 0 Å². The zero-order valence-electron chi connectivity index (χ0n) is 14.1. The number of aryl methyl sites for hydroxylation is 2. The van der Waals surface area contributed by atoms with Crippen LogP contribution in [0.1, 0.15) is 38.8 Å². The van der Waals surface area contributed by atoms with E-state index in [2.05, 4.69) is 10.3 Å². The van der Waals surface area contributed by atoms with E-state index < -0.39 is 6.10 Å². The molecular formula is C18H23N3O2S. The number of nitrogens with zero attached hydrogens (tertiary/aromatic N) is 2. The Balaban J connectivity index is 1.67. The zero-order chi connectivity index (χ0) is 17.1. The number of carbonyl (C=O) groups is 1. The molecule has 5 nitrogen and oxygen atoms in total. The predicted octanol–water partition coefficient (Wildman–Crippen LogP) is 2.97. The zero-order valence-corrected chi connectivity index (χ0v) is 14.9. The summed E-state index contributed by atoms with van der Waals surface area (Å²) in [4.78, 5) is 20.0. The second-order valence-corrected chi connectivity index (χ2v) is 7.51. The number of hydrogen-bond acceptors (Lipinski definition) is 5. The summed E-state index contributed by atoms with van der Waals surface area (Å²) >= 11 is 1.69. The van der Waals surface area contributed by atoms with Gasteiger partial charge < -0.3 is 15.3 Å². The third-order valence-electron chi connectivity index (χ3n) is 4.25. The van der Waals surface area contributed by atoms with Crippen molar-refractivity contribution in [3.63, 3.8) is 0 Å². The monoisotopic (exact) mass is 345 g/mol. The maximum atomic E-state index is 12.6. The van der Waals surface area contributed by atoms with Crippen molar-refractivity contribution in [1.29, 1.82) is 0 Å². The molecule has 1 amide bonds. The number of anilines is 1. The number of likely N-dealkylation sites (tertiary alicyclic amines) is 1. The minimum Gasteiger partial charge on any atom is -0.391 e. The van der Waals surface area contributed by atoms with Crippen LogP contribution >= 0.6 is 11.3 Å². The number of nitrogens with one attached hydrogen (secondary N) is 1. The Labute approximate surface area is 146 Å². The van der Waals surface area contributed by atoms with E-state index in [-0.39, 0.29) is 5.91 Å². The van der Waals surface area contributed by atoms with Crippen LogP contribution in [0, 0.1) is 13.8 Å². The van der Waals surface area contributed by atoms with Gasteiger partial charge in [0, 0.05) is 29.2 Å². The number of piperidine rings is 1. The van der Waals surface area contributed by atoms with E-state index in [0.29, 0.717) is 25.2 Å². The Morgan fingerprint density at radius 2 is 2.29 bits per heavy atom. The van der Waals surface area contributed by atoms with Crippen molar-refractivity contribution in [1.82, 2.24) is 9.88 Å². The van der Waals surface area contributed by atoms with E-state index >= 15 is 0 Å². The molecule has 1 aromatic heterocycles. The van der Waals surface area contributed by atoms with Gasteiger partial charge in [0.25, 0.3) is 5.91 Å². The molecule has 1 aromatic carbocycles. The lowest BCUT2D eigenvalue weighted by Crippen LogP contribution is -2.42. The van der Waals surface area contributed by atoms with Gasteiger partial charge in [-0.1, -0.05) is 6.07 Å².